The summed E-state index contributed by atoms with van der Waals surface area (Å²) < 4.78 is 13.4. The number of aryl methyl sites for hydroxylation is 2. The van der Waals surface area contributed by atoms with Crippen molar-refractivity contribution in [1.82, 2.24) is 0 Å². The van der Waals surface area contributed by atoms with Crippen molar-refractivity contribution in [1.29, 1.82) is 5.26 Å². The second-order valence-corrected chi connectivity index (χ2v) is 8.01. The topological polar surface area (TPSA) is 44.1 Å². The lowest BCUT2D eigenvalue weighted by Gasteiger charge is -2.34. The maximum absolute atomic E-state index is 13.4. The molecule has 1 aliphatic rings. The van der Waals surface area contributed by atoms with E-state index in [1.807, 2.05) is 19.9 Å². The summed E-state index contributed by atoms with van der Waals surface area (Å²) in [5.41, 5.74) is 6.15. The minimum atomic E-state index is -0.397. The molecule has 0 radical (unpaired) electrons. The molecule has 3 nitrogen and oxygen atoms in total. The van der Waals surface area contributed by atoms with Gasteiger partial charge in [-0.05, 0) is 98.0 Å². The van der Waals surface area contributed by atoms with E-state index in [-0.39, 0.29) is 18.2 Å². The van der Waals surface area contributed by atoms with E-state index in [0.717, 1.165) is 49.2 Å². The van der Waals surface area contributed by atoms with Crippen molar-refractivity contribution in [2.75, 3.05) is 18.0 Å². The number of hydrogen-bond donors (Lipinski definition) is 0. The molecule has 154 valence electrons. The average molecular weight is 435 g/mol. The number of nitriles is 1. The zero-order chi connectivity index (χ0) is 20.4. The number of halogens is 3. The molecule has 0 aromatic heterocycles. The van der Waals surface area contributed by atoms with Crippen LogP contribution in [0.15, 0.2) is 24.3 Å². The van der Waals surface area contributed by atoms with Crippen LogP contribution in [0.25, 0.3) is 0 Å². The molecule has 29 heavy (non-hydrogen) atoms. The number of anilines is 1. The highest BCUT2D eigenvalue weighted by atomic mass is 35.5. The summed E-state index contributed by atoms with van der Waals surface area (Å²) in [7, 11) is 0. The number of rotatable bonds is 4. The third kappa shape index (κ3) is 4.91. The maximum Gasteiger partial charge on any atom is 0.252 e. The van der Waals surface area contributed by atoms with Gasteiger partial charge in [0.15, 0.2) is 0 Å². The summed E-state index contributed by atoms with van der Waals surface area (Å²) >= 11 is 5.81. The van der Waals surface area contributed by atoms with Crippen molar-refractivity contribution in [2.45, 2.75) is 40.0 Å². The number of hydrogen-bond acceptors (Lipinski definition) is 3. The first-order valence-electron chi connectivity index (χ1n) is 9.56. The summed E-state index contributed by atoms with van der Waals surface area (Å²) in [6.45, 7) is 7.66. The number of carbonyl (C=O) groups excluding carboxylic acids is 1. The normalized spacial score (nSPS) is 14.3. The zero-order valence-corrected chi connectivity index (χ0v) is 18.5. The summed E-state index contributed by atoms with van der Waals surface area (Å²) in [5.74, 6) is 0.116. The highest BCUT2D eigenvalue weighted by Gasteiger charge is 2.24. The van der Waals surface area contributed by atoms with E-state index in [2.05, 4.69) is 17.9 Å². The van der Waals surface area contributed by atoms with Crippen molar-refractivity contribution >= 4 is 34.9 Å². The molecule has 0 bridgehead atoms. The highest BCUT2D eigenvalue weighted by Crippen LogP contribution is 2.31. The van der Waals surface area contributed by atoms with E-state index in [0.29, 0.717) is 17.0 Å². The third-order valence-electron chi connectivity index (χ3n) is 5.85. The Labute approximate surface area is 182 Å². The number of carbonyl (C=O) groups is 1. The molecule has 0 amide bonds. The molecule has 2 aromatic rings. The molecule has 0 saturated carbocycles. The van der Waals surface area contributed by atoms with Gasteiger partial charge in [-0.25, -0.2) is 4.39 Å². The maximum atomic E-state index is 13.4. The van der Waals surface area contributed by atoms with Gasteiger partial charge >= 0.3 is 0 Å². The summed E-state index contributed by atoms with van der Waals surface area (Å²) in [5, 5.41) is 8.90. The van der Waals surface area contributed by atoms with Gasteiger partial charge in [-0.2, -0.15) is 5.26 Å². The van der Waals surface area contributed by atoms with Crippen LogP contribution in [-0.2, 0) is 6.42 Å². The fourth-order valence-corrected chi connectivity index (χ4v) is 4.67. The fourth-order valence-electron chi connectivity index (χ4n) is 4.38. The molecule has 1 saturated heterocycles. The van der Waals surface area contributed by atoms with Gasteiger partial charge in [0.1, 0.15) is 11.9 Å². The van der Waals surface area contributed by atoms with Gasteiger partial charge in [0, 0.05) is 18.7 Å². The van der Waals surface area contributed by atoms with Crippen LogP contribution in [0.3, 0.4) is 0 Å². The Morgan fingerprint density at radius 1 is 1.21 bits per heavy atom. The quantitative estimate of drug-likeness (QED) is 0.563. The van der Waals surface area contributed by atoms with Gasteiger partial charge in [-0.3, -0.25) is 4.79 Å². The Kier molecular flexibility index (Phi) is 7.68. The van der Waals surface area contributed by atoms with Gasteiger partial charge in [0.2, 0.25) is 0 Å². The molecule has 0 spiro atoms. The van der Waals surface area contributed by atoms with Crippen LogP contribution in [-0.4, -0.2) is 18.3 Å². The minimum Gasteiger partial charge on any atom is -0.370 e. The largest absolute Gasteiger partial charge is 0.370 e. The zero-order valence-electron chi connectivity index (χ0n) is 16.9. The monoisotopic (exact) mass is 434 g/mol. The molecule has 0 atom stereocenters. The van der Waals surface area contributed by atoms with Crippen molar-refractivity contribution in [3.63, 3.8) is 0 Å². The number of benzene rings is 2. The second-order valence-electron chi connectivity index (χ2n) is 7.67. The lowest BCUT2D eigenvalue weighted by atomic mass is 9.84. The van der Waals surface area contributed by atoms with Crippen molar-refractivity contribution in [2.24, 2.45) is 5.92 Å². The lowest BCUT2D eigenvalue weighted by Crippen LogP contribution is -2.35. The van der Waals surface area contributed by atoms with Crippen LogP contribution < -0.4 is 4.90 Å². The molecule has 0 aliphatic carbocycles. The first kappa shape index (κ1) is 23.2. The van der Waals surface area contributed by atoms with E-state index in [1.54, 1.807) is 6.07 Å². The van der Waals surface area contributed by atoms with Crippen LogP contribution >= 0.6 is 24.0 Å². The van der Waals surface area contributed by atoms with Crippen LogP contribution in [0, 0.1) is 43.8 Å². The van der Waals surface area contributed by atoms with Crippen LogP contribution in [0.2, 0.25) is 0 Å². The van der Waals surface area contributed by atoms with E-state index in [4.69, 9.17) is 11.6 Å². The van der Waals surface area contributed by atoms with Crippen molar-refractivity contribution < 1.29 is 9.18 Å². The summed E-state index contributed by atoms with van der Waals surface area (Å²) in [4.78, 5) is 14.0. The Morgan fingerprint density at radius 3 is 2.45 bits per heavy atom. The molecular formula is C23H25Cl2FN2O. The lowest BCUT2D eigenvalue weighted by molar-refractivity contribution is 0.108. The molecule has 6 heteroatoms. The SMILES string of the molecule is Cc1cc(C)c(C(=O)Cl)c(C)c1CC1CCN(c2ccc(F)cc2C#N)CC1.Cl. The predicted molar refractivity (Wildman–Crippen MR) is 118 cm³/mol. The molecule has 1 heterocycles. The Hall–Kier alpha value is -2.09. The first-order chi connectivity index (χ1) is 13.3. The van der Waals surface area contributed by atoms with Crippen LogP contribution in [0.5, 0.6) is 0 Å². The van der Waals surface area contributed by atoms with Gasteiger partial charge in [0.05, 0.1) is 11.3 Å². The Bertz CT molecular complexity index is 960. The van der Waals surface area contributed by atoms with E-state index in [1.165, 1.54) is 23.3 Å². The van der Waals surface area contributed by atoms with E-state index in [9.17, 15) is 14.4 Å². The van der Waals surface area contributed by atoms with Crippen LogP contribution in [0.4, 0.5) is 10.1 Å². The fraction of sp³-hybridized carbons (Fsp3) is 0.391. The molecule has 1 aliphatic heterocycles. The molecule has 0 unspecified atom stereocenters. The predicted octanol–water partition coefficient (Wildman–Crippen LogP) is 5.88. The van der Waals surface area contributed by atoms with E-state index >= 15 is 0 Å². The minimum absolute atomic E-state index is 0. The molecular weight excluding hydrogens is 410 g/mol. The van der Waals surface area contributed by atoms with Crippen molar-refractivity contribution in [3.8, 4) is 6.07 Å². The van der Waals surface area contributed by atoms with Gasteiger partial charge in [0.25, 0.3) is 5.24 Å². The molecule has 3 rings (SSSR count). The van der Waals surface area contributed by atoms with Crippen LogP contribution in [0.1, 0.15) is 51.0 Å². The van der Waals surface area contributed by atoms with E-state index < -0.39 is 5.24 Å². The third-order valence-corrected chi connectivity index (χ3v) is 6.04. The summed E-state index contributed by atoms with van der Waals surface area (Å²) in [6.07, 6.45) is 2.88. The van der Waals surface area contributed by atoms with Crippen molar-refractivity contribution in [3.05, 3.63) is 63.5 Å². The molecule has 1 fully saturated rings. The van der Waals surface area contributed by atoms with Gasteiger partial charge < -0.3 is 4.90 Å². The second kappa shape index (κ2) is 9.61. The van der Waals surface area contributed by atoms with Gasteiger partial charge in [-0.15, -0.1) is 12.4 Å². The first-order valence-corrected chi connectivity index (χ1v) is 9.93. The molecule has 2 aromatic carbocycles. The summed E-state index contributed by atoms with van der Waals surface area (Å²) in [6, 6.07) is 8.54. The average Bonchev–Trinajstić information content (AvgIpc) is 2.65. The number of nitrogens with zero attached hydrogens (tertiary/aromatic N) is 2. The van der Waals surface area contributed by atoms with Gasteiger partial charge in [-0.1, -0.05) is 6.07 Å². The molecule has 0 N–H and O–H groups in total. The smallest absolute Gasteiger partial charge is 0.252 e. The highest BCUT2D eigenvalue weighted by molar-refractivity contribution is 6.68. The Morgan fingerprint density at radius 2 is 1.86 bits per heavy atom. The number of piperidine rings is 1. The Balaban J connectivity index is 0.00000300. The standard InChI is InChI=1S/C23H24ClFN2O.ClH/c1-14-10-15(2)22(23(24)28)16(3)20(14)11-17-6-8-27(9-7-17)21-5-4-19(25)12-18(21)13-26;/h4-5,10,12,17H,6-9,11H2,1-3H3;1H.